The third kappa shape index (κ3) is 6.95. The first kappa shape index (κ1) is 21.8. The Morgan fingerprint density at radius 2 is 2.25 bits per heavy atom. The van der Waals surface area contributed by atoms with Crippen LogP contribution in [0, 0.1) is 6.92 Å². The van der Waals surface area contributed by atoms with Crippen LogP contribution in [-0.4, -0.2) is 38.7 Å². The summed E-state index contributed by atoms with van der Waals surface area (Å²) in [6, 6.07) is 0.361. The second kappa shape index (κ2) is 11.4. The van der Waals surface area contributed by atoms with Gasteiger partial charge >= 0.3 is 0 Å². The quantitative estimate of drug-likeness (QED) is 0.370. The monoisotopic (exact) mass is 484 g/mol. The fraction of sp³-hybridized carbons (Fsp3) is 0.750. The van der Waals surface area contributed by atoms with Gasteiger partial charge in [-0.3, -0.25) is 4.21 Å². The van der Waals surface area contributed by atoms with E-state index in [1.54, 1.807) is 11.3 Å². The molecule has 1 aliphatic carbocycles. The van der Waals surface area contributed by atoms with Crippen LogP contribution in [0.1, 0.15) is 49.4 Å². The zero-order valence-corrected chi connectivity index (χ0v) is 18.7. The van der Waals surface area contributed by atoms with Gasteiger partial charge in [0, 0.05) is 45.5 Å². The molecule has 1 fully saturated rings. The van der Waals surface area contributed by atoms with Crippen LogP contribution in [0.3, 0.4) is 0 Å². The van der Waals surface area contributed by atoms with E-state index < -0.39 is 10.8 Å². The normalized spacial score (nSPS) is 22.5. The van der Waals surface area contributed by atoms with E-state index in [1.165, 1.54) is 4.88 Å². The largest absolute Gasteiger partial charge is 0.357 e. The lowest BCUT2D eigenvalue weighted by molar-refractivity contribution is 0.413. The van der Waals surface area contributed by atoms with E-state index in [1.807, 2.05) is 13.1 Å². The molecule has 0 bridgehead atoms. The standard InChI is InChI=1S/C16H28N4OS2.HI/c1-4-17-16(19-11-15-18-10-12(3)22-15)20-13-7-6-8-14(9-13)23(21)5-2;/h10,13-14H,4-9,11H2,1-3H3,(H2,17,19,20);1H. The van der Waals surface area contributed by atoms with Crippen molar-refractivity contribution in [2.45, 2.75) is 64.3 Å². The maximum Gasteiger partial charge on any atom is 0.191 e. The summed E-state index contributed by atoms with van der Waals surface area (Å²) in [6.07, 6.45) is 6.21. The van der Waals surface area contributed by atoms with E-state index >= 15 is 0 Å². The average molecular weight is 484 g/mol. The molecule has 0 spiro atoms. The number of aliphatic imine (C=N–C) groups is 1. The van der Waals surface area contributed by atoms with Crippen LogP contribution in [0.2, 0.25) is 0 Å². The first-order chi connectivity index (χ1) is 11.1. The van der Waals surface area contributed by atoms with Gasteiger partial charge in [-0.25, -0.2) is 9.98 Å². The summed E-state index contributed by atoms with van der Waals surface area (Å²) in [5, 5.41) is 8.19. The summed E-state index contributed by atoms with van der Waals surface area (Å²) in [5.41, 5.74) is 0. The second-order valence-corrected chi connectivity index (χ2v) is 9.18. The predicted molar refractivity (Wildman–Crippen MR) is 115 cm³/mol. The van der Waals surface area contributed by atoms with Gasteiger partial charge in [-0.05, 0) is 33.1 Å². The van der Waals surface area contributed by atoms with Crippen molar-refractivity contribution in [3.05, 3.63) is 16.1 Å². The second-order valence-electron chi connectivity index (χ2n) is 5.86. The van der Waals surface area contributed by atoms with Gasteiger partial charge in [0.05, 0.1) is 6.54 Å². The zero-order chi connectivity index (χ0) is 16.7. The van der Waals surface area contributed by atoms with Gasteiger partial charge in [0.25, 0.3) is 0 Å². The van der Waals surface area contributed by atoms with Crippen molar-refractivity contribution in [1.29, 1.82) is 0 Å². The van der Waals surface area contributed by atoms with E-state index in [2.05, 4.69) is 34.5 Å². The first-order valence-electron chi connectivity index (χ1n) is 8.45. The lowest BCUT2D eigenvalue weighted by atomic mass is 9.95. The Kier molecular flexibility index (Phi) is 10.4. The molecule has 3 atom stereocenters. The molecule has 1 aromatic rings. The molecule has 24 heavy (non-hydrogen) atoms. The zero-order valence-electron chi connectivity index (χ0n) is 14.7. The van der Waals surface area contributed by atoms with Crippen molar-refractivity contribution in [3.8, 4) is 0 Å². The minimum absolute atomic E-state index is 0. The van der Waals surface area contributed by atoms with E-state index in [4.69, 9.17) is 0 Å². The number of hydrogen-bond acceptors (Lipinski definition) is 4. The molecule has 0 aromatic carbocycles. The van der Waals surface area contributed by atoms with E-state index in [-0.39, 0.29) is 24.0 Å². The summed E-state index contributed by atoms with van der Waals surface area (Å²) in [6.45, 7) is 7.57. The number of nitrogens with one attached hydrogen (secondary N) is 2. The molecule has 3 unspecified atom stereocenters. The van der Waals surface area contributed by atoms with Gasteiger partial charge in [-0.2, -0.15) is 0 Å². The molecule has 0 radical (unpaired) electrons. The van der Waals surface area contributed by atoms with Crippen LogP contribution >= 0.6 is 35.3 Å². The number of hydrogen-bond donors (Lipinski definition) is 2. The molecule has 0 amide bonds. The van der Waals surface area contributed by atoms with Crippen molar-refractivity contribution >= 4 is 52.1 Å². The molecule has 138 valence electrons. The van der Waals surface area contributed by atoms with Crippen molar-refractivity contribution in [3.63, 3.8) is 0 Å². The van der Waals surface area contributed by atoms with Crippen LogP contribution in [-0.2, 0) is 17.3 Å². The Morgan fingerprint density at radius 3 is 2.88 bits per heavy atom. The number of thiazole rings is 1. The highest BCUT2D eigenvalue weighted by atomic mass is 127. The lowest BCUT2D eigenvalue weighted by Gasteiger charge is -2.30. The highest BCUT2D eigenvalue weighted by molar-refractivity contribution is 14.0. The first-order valence-corrected chi connectivity index (χ1v) is 10.7. The molecule has 0 saturated heterocycles. The minimum Gasteiger partial charge on any atom is -0.357 e. The molecule has 8 heteroatoms. The summed E-state index contributed by atoms with van der Waals surface area (Å²) in [4.78, 5) is 10.2. The Balaban J connectivity index is 0.00000288. The number of aromatic nitrogens is 1. The molecular formula is C16H29IN4OS2. The fourth-order valence-electron chi connectivity index (χ4n) is 2.89. The number of halogens is 1. The lowest BCUT2D eigenvalue weighted by Crippen LogP contribution is -2.46. The van der Waals surface area contributed by atoms with Crippen molar-refractivity contribution in [2.75, 3.05) is 12.3 Å². The highest BCUT2D eigenvalue weighted by Crippen LogP contribution is 2.23. The van der Waals surface area contributed by atoms with Crippen LogP contribution in [0.15, 0.2) is 11.2 Å². The number of aryl methyl sites for hydroxylation is 1. The fourth-order valence-corrected chi connectivity index (χ4v) is 4.94. The smallest absolute Gasteiger partial charge is 0.191 e. The topological polar surface area (TPSA) is 66.4 Å². The van der Waals surface area contributed by atoms with Gasteiger partial charge in [0.15, 0.2) is 5.96 Å². The average Bonchev–Trinajstić information content (AvgIpc) is 2.98. The van der Waals surface area contributed by atoms with Crippen LogP contribution in [0.5, 0.6) is 0 Å². The van der Waals surface area contributed by atoms with Gasteiger partial charge in [-0.15, -0.1) is 35.3 Å². The molecule has 2 N–H and O–H groups in total. The number of guanidine groups is 1. The van der Waals surface area contributed by atoms with Crippen LogP contribution < -0.4 is 10.6 Å². The Labute approximate surface area is 169 Å². The van der Waals surface area contributed by atoms with Crippen molar-refractivity contribution in [2.24, 2.45) is 4.99 Å². The minimum atomic E-state index is -0.692. The van der Waals surface area contributed by atoms with Gasteiger partial charge < -0.3 is 10.6 Å². The molecule has 1 heterocycles. The maximum atomic E-state index is 12.1. The number of nitrogens with zero attached hydrogens (tertiary/aromatic N) is 2. The number of rotatable bonds is 6. The molecular weight excluding hydrogens is 455 g/mol. The summed E-state index contributed by atoms with van der Waals surface area (Å²) in [5.74, 6) is 1.60. The van der Waals surface area contributed by atoms with Crippen molar-refractivity contribution < 1.29 is 4.21 Å². The molecule has 2 rings (SSSR count). The summed E-state index contributed by atoms with van der Waals surface area (Å²) in [7, 11) is -0.692. The van der Waals surface area contributed by atoms with Crippen LogP contribution in [0.25, 0.3) is 0 Å². The van der Waals surface area contributed by atoms with E-state index in [0.717, 1.165) is 48.9 Å². The Hall–Kier alpha value is -0.220. The highest BCUT2D eigenvalue weighted by Gasteiger charge is 2.26. The molecule has 1 saturated carbocycles. The summed E-state index contributed by atoms with van der Waals surface area (Å²) < 4.78 is 12.1. The van der Waals surface area contributed by atoms with E-state index in [9.17, 15) is 4.21 Å². The van der Waals surface area contributed by atoms with E-state index in [0.29, 0.717) is 17.8 Å². The maximum absolute atomic E-state index is 12.1. The third-order valence-corrected chi connectivity index (χ3v) is 6.65. The van der Waals surface area contributed by atoms with Gasteiger partial charge in [0.2, 0.25) is 0 Å². The SMILES string of the molecule is CCNC(=NCc1ncc(C)s1)NC1CCCC(S(=O)CC)C1.I. The van der Waals surface area contributed by atoms with Gasteiger partial charge in [-0.1, -0.05) is 13.3 Å². The molecule has 1 aliphatic rings. The predicted octanol–water partition coefficient (Wildman–Crippen LogP) is 3.20. The third-order valence-electron chi connectivity index (χ3n) is 4.01. The molecule has 1 aromatic heterocycles. The Bertz CT molecular complexity index is 550. The molecule has 5 nitrogen and oxygen atoms in total. The van der Waals surface area contributed by atoms with Crippen LogP contribution in [0.4, 0.5) is 0 Å². The summed E-state index contributed by atoms with van der Waals surface area (Å²) >= 11 is 1.69. The van der Waals surface area contributed by atoms with Gasteiger partial charge in [0.1, 0.15) is 5.01 Å². The van der Waals surface area contributed by atoms with Crippen molar-refractivity contribution in [1.82, 2.24) is 15.6 Å². The Morgan fingerprint density at radius 1 is 1.46 bits per heavy atom. The molecule has 0 aliphatic heterocycles.